The van der Waals surface area contributed by atoms with E-state index in [2.05, 4.69) is 9.72 Å². The van der Waals surface area contributed by atoms with Crippen LogP contribution in [0.15, 0.2) is 119 Å². The van der Waals surface area contributed by atoms with Crippen LogP contribution in [0.2, 0.25) is 0 Å². The number of methoxy groups -OCH3 is 2. The first kappa shape index (κ1) is 30.3. The van der Waals surface area contributed by atoms with E-state index in [1.807, 2.05) is 24.3 Å². The fourth-order valence-corrected chi connectivity index (χ4v) is 4.08. The Balaban J connectivity index is 0.000000160. The number of benzene rings is 2. The number of hydrogen-bond donors (Lipinski definition) is 3. The second kappa shape index (κ2) is 13.8. The van der Waals surface area contributed by atoms with E-state index < -0.39 is 19.1 Å². The average Bonchev–Trinajstić information content (AvgIpc) is 3.72. The molecule has 13 heteroatoms. The molecule has 0 aliphatic heterocycles. The Morgan fingerprint density at radius 3 is 1.84 bits per heavy atom. The molecule has 4 aromatic heterocycles. The smallest absolute Gasteiger partial charge is 0.464 e. The molecule has 6 aromatic rings. The number of aromatic nitrogens is 4. The maximum atomic E-state index is 12.5. The second-order valence-corrected chi connectivity index (χ2v) is 8.84. The van der Waals surface area contributed by atoms with Gasteiger partial charge in [0.2, 0.25) is 0 Å². The first-order chi connectivity index (χ1) is 20.7. The van der Waals surface area contributed by atoms with Gasteiger partial charge in [0.1, 0.15) is 11.4 Å². The number of carbonyl (C=O) groups excluding carboxylic acids is 2. The molecule has 0 saturated heterocycles. The quantitative estimate of drug-likeness (QED) is 0.209. The van der Waals surface area contributed by atoms with Crippen LogP contribution in [0.4, 0.5) is 0 Å². The monoisotopic (exact) mass is 582 g/mol. The first-order valence-corrected chi connectivity index (χ1v) is 12.8. The highest BCUT2D eigenvalue weighted by Crippen LogP contribution is 2.13. The van der Waals surface area contributed by atoms with Gasteiger partial charge in [0.15, 0.2) is 0 Å². The summed E-state index contributed by atoms with van der Waals surface area (Å²) in [6, 6.07) is 27.8. The summed E-state index contributed by atoms with van der Waals surface area (Å²) >= 11 is 0. The summed E-state index contributed by atoms with van der Waals surface area (Å²) in [5.74, 6) is -1.10. The lowest BCUT2D eigenvalue weighted by atomic mass is 9.81. The van der Waals surface area contributed by atoms with E-state index in [1.165, 1.54) is 27.6 Å². The summed E-state index contributed by atoms with van der Waals surface area (Å²) in [6.45, 7) is 0. The number of rotatable bonds is 4. The summed E-state index contributed by atoms with van der Waals surface area (Å²) in [7, 11) is 1.22. The lowest BCUT2D eigenvalue weighted by Crippen LogP contribution is -2.29. The topological polar surface area (TPSA) is 157 Å². The number of nitrogens with zero attached hydrogens (tertiary/aromatic N) is 3. The van der Waals surface area contributed by atoms with Crippen LogP contribution in [-0.2, 0) is 9.47 Å². The largest absolute Gasteiger partial charge is 0.488 e. The maximum absolute atomic E-state index is 12.5. The SMILES string of the molecule is COC(=O)c1cc2cccn2c(=O)[nH]1.COC(=O)c1cc2cccn2c(=O)n1-c1ccccc1.OB(O)c1ccccc1. The fourth-order valence-electron chi connectivity index (χ4n) is 4.08. The summed E-state index contributed by atoms with van der Waals surface area (Å²) < 4.78 is 13.5. The van der Waals surface area contributed by atoms with E-state index in [0.29, 0.717) is 22.2 Å². The van der Waals surface area contributed by atoms with Crippen LogP contribution >= 0.6 is 0 Å². The van der Waals surface area contributed by atoms with Gasteiger partial charge in [0.25, 0.3) is 0 Å². The van der Waals surface area contributed by atoms with Crippen LogP contribution in [0, 0.1) is 0 Å². The van der Waals surface area contributed by atoms with Crippen molar-refractivity contribution < 1.29 is 29.1 Å². The summed E-state index contributed by atoms with van der Waals surface area (Å²) in [5.41, 5.74) is 2.16. The fraction of sp³-hybridized carbons (Fsp3) is 0.0667. The Labute approximate surface area is 244 Å². The van der Waals surface area contributed by atoms with Gasteiger partial charge in [0.05, 0.1) is 30.9 Å². The van der Waals surface area contributed by atoms with Gasteiger partial charge in [-0.05, 0) is 54.0 Å². The van der Waals surface area contributed by atoms with Crippen molar-refractivity contribution in [3.05, 3.63) is 142 Å². The van der Waals surface area contributed by atoms with Crippen molar-refractivity contribution in [1.82, 2.24) is 18.4 Å². The van der Waals surface area contributed by atoms with Crippen LogP contribution in [0.3, 0.4) is 0 Å². The Hall–Kier alpha value is -5.66. The molecule has 0 radical (unpaired) electrons. The molecule has 0 saturated carbocycles. The van der Waals surface area contributed by atoms with Crippen LogP contribution < -0.4 is 16.8 Å². The molecule has 0 unspecified atom stereocenters. The summed E-state index contributed by atoms with van der Waals surface area (Å²) in [4.78, 5) is 49.4. The molecule has 218 valence electrons. The Morgan fingerprint density at radius 1 is 0.721 bits per heavy atom. The molecule has 0 atom stereocenters. The minimum Gasteiger partial charge on any atom is -0.464 e. The van der Waals surface area contributed by atoms with Crippen molar-refractivity contribution in [3.63, 3.8) is 0 Å². The number of hydrogen-bond acceptors (Lipinski definition) is 8. The molecular weight excluding hydrogens is 555 g/mol. The molecule has 6 rings (SSSR count). The van der Waals surface area contributed by atoms with Gasteiger partial charge < -0.3 is 24.5 Å². The number of carbonyl (C=O) groups is 2. The molecule has 12 nitrogen and oxygen atoms in total. The molecule has 0 spiro atoms. The number of H-pyrrole nitrogens is 1. The minimum absolute atomic E-state index is 0.156. The lowest BCUT2D eigenvalue weighted by Gasteiger charge is -2.12. The van der Waals surface area contributed by atoms with Crippen molar-refractivity contribution in [3.8, 4) is 5.69 Å². The summed E-state index contributed by atoms with van der Waals surface area (Å²) in [5, 5.41) is 17.2. The van der Waals surface area contributed by atoms with Crippen LogP contribution in [0.25, 0.3) is 16.7 Å². The second-order valence-electron chi connectivity index (χ2n) is 8.84. The molecule has 0 amide bonds. The van der Waals surface area contributed by atoms with Gasteiger partial charge in [0, 0.05) is 12.4 Å². The van der Waals surface area contributed by atoms with Gasteiger partial charge in [-0.25, -0.2) is 19.2 Å². The molecule has 0 aliphatic rings. The number of ether oxygens (including phenoxy) is 2. The number of esters is 2. The highest BCUT2D eigenvalue weighted by atomic mass is 16.5. The van der Waals surface area contributed by atoms with Crippen molar-refractivity contribution in [2.24, 2.45) is 0 Å². The van der Waals surface area contributed by atoms with Crippen LogP contribution in [0.1, 0.15) is 21.0 Å². The van der Waals surface area contributed by atoms with Gasteiger partial charge in [-0.3, -0.25) is 13.4 Å². The van der Waals surface area contributed by atoms with E-state index in [9.17, 15) is 19.2 Å². The van der Waals surface area contributed by atoms with Crippen LogP contribution in [0.5, 0.6) is 0 Å². The van der Waals surface area contributed by atoms with E-state index in [1.54, 1.807) is 85.2 Å². The zero-order valence-corrected chi connectivity index (χ0v) is 23.2. The molecule has 0 fully saturated rings. The van der Waals surface area contributed by atoms with Crippen LogP contribution in [-0.4, -0.2) is 61.7 Å². The minimum atomic E-state index is -1.34. The molecule has 2 aromatic carbocycles. The van der Waals surface area contributed by atoms with Crippen molar-refractivity contribution in [1.29, 1.82) is 0 Å². The molecule has 3 N–H and O–H groups in total. The van der Waals surface area contributed by atoms with E-state index in [4.69, 9.17) is 14.8 Å². The zero-order chi connectivity index (χ0) is 30.9. The third-order valence-electron chi connectivity index (χ3n) is 6.15. The predicted octanol–water partition coefficient (Wildman–Crippen LogP) is 1.66. The normalized spacial score (nSPS) is 10.2. The summed E-state index contributed by atoms with van der Waals surface area (Å²) in [6.07, 6.45) is 3.29. The standard InChI is InChI=1S/C15H12N2O3.C9H8N2O3.C6H7BO2/c1-20-14(18)13-10-12-8-5-9-16(12)15(19)17(13)11-6-3-2-4-7-11;1-14-8(12)7-5-6-3-2-4-11(6)9(13)10-7;8-7(9)6-4-2-1-3-5-6/h2-10H,1H3;2-5H,1H3,(H,10,13);1-5,8-9H. The Bertz CT molecular complexity index is 1960. The average molecular weight is 582 g/mol. The van der Waals surface area contributed by atoms with E-state index in [-0.39, 0.29) is 22.8 Å². The Kier molecular flexibility index (Phi) is 9.73. The van der Waals surface area contributed by atoms with Crippen molar-refractivity contribution in [2.45, 2.75) is 0 Å². The zero-order valence-electron chi connectivity index (χ0n) is 23.2. The number of aromatic amines is 1. The third-order valence-corrected chi connectivity index (χ3v) is 6.15. The van der Waals surface area contributed by atoms with Gasteiger partial charge in [-0.15, -0.1) is 0 Å². The number of nitrogens with one attached hydrogen (secondary N) is 1. The van der Waals surface area contributed by atoms with Crippen molar-refractivity contribution in [2.75, 3.05) is 14.2 Å². The number of fused-ring (bicyclic) bond motifs is 2. The van der Waals surface area contributed by atoms with Gasteiger partial charge in [-0.1, -0.05) is 48.5 Å². The molecule has 43 heavy (non-hydrogen) atoms. The van der Waals surface area contributed by atoms with E-state index in [0.717, 1.165) is 0 Å². The van der Waals surface area contributed by atoms with E-state index >= 15 is 0 Å². The molecule has 0 bridgehead atoms. The molecule has 0 aliphatic carbocycles. The number of para-hydroxylation sites is 1. The van der Waals surface area contributed by atoms with Crippen molar-refractivity contribution >= 4 is 35.6 Å². The lowest BCUT2D eigenvalue weighted by molar-refractivity contribution is 0.0583. The Morgan fingerprint density at radius 2 is 1.28 bits per heavy atom. The highest BCUT2D eigenvalue weighted by molar-refractivity contribution is 6.58. The first-order valence-electron chi connectivity index (χ1n) is 12.8. The molecule has 4 heterocycles. The van der Waals surface area contributed by atoms with Gasteiger partial charge >= 0.3 is 30.4 Å². The highest BCUT2D eigenvalue weighted by Gasteiger charge is 2.17. The molecular formula is C30H27BN4O8. The van der Waals surface area contributed by atoms with Gasteiger partial charge in [-0.2, -0.15) is 0 Å². The maximum Gasteiger partial charge on any atom is 0.488 e. The predicted molar refractivity (Wildman–Crippen MR) is 160 cm³/mol. The third kappa shape index (κ3) is 6.98.